The summed E-state index contributed by atoms with van der Waals surface area (Å²) in [6, 6.07) is 6.22. The van der Waals surface area contributed by atoms with Crippen LogP contribution in [-0.4, -0.2) is 28.9 Å². The van der Waals surface area contributed by atoms with E-state index in [0.29, 0.717) is 4.77 Å². The van der Waals surface area contributed by atoms with Gasteiger partial charge in [-0.2, -0.15) is 5.10 Å². The molecule has 2 rings (SSSR count). The quantitative estimate of drug-likeness (QED) is 0.810. The van der Waals surface area contributed by atoms with Crippen molar-refractivity contribution >= 4 is 17.9 Å². The highest BCUT2D eigenvalue weighted by Crippen LogP contribution is 2.21. The van der Waals surface area contributed by atoms with Crippen molar-refractivity contribution in [3.05, 3.63) is 34.9 Å². The van der Waals surface area contributed by atoms with Crippen molar-refractivity contribution in [1.82, 2.24) is 14.8 Å². The van der Waals surface area contributed by atoms with Gasteiger partial charge in [-0.15, -0.1) is 0 Å². The lowest BCUT2D eigenvalue weighted by Gasteiger charge is -2.16. The Kier molecular flexibility index (Phi) is 2.78. The van der Waals surface area contributed by atoms with Gasteiger partial charge in [-0.3, -0.25) is 9.67 Å². The molecule has 0 radical (unpaired) electrons. The first-order valence-electron chi connectivity index (χ1n) is 5.00. The largest absolute Gasteiger partial charge is 0.377 e. The fraction of sp³-hybridized carbons (Fsp3) is 0.273. The first kappa shape index (κ1) is 10.9. The lowest BCUT2D eigenvalue weighted by atomic mass is 10.1. The van der Waals surface area contributed by atoms with E-state index in [-0.39, 0.29) is 0 Å². The Balaban J connectivity index is 2.56. The minimum Gasteiger partial charge on any atom is -0.377 e. The molecule has 16 heavy (non-hydrogen) atoms. The number of hydrogen-bond donors (Lipinski definition) is 1. The molecule has 0 saturated heterocycles. The molecule has 0 spiro atoms. The van der Waals surface area contributed by atoms with Crippen LogP contribution in [0.4, 0.5) is 5.69 Å². The number of H-pyrrole nitrogens is 1. The summed E-state index contributed by atoms with van der Waals surface area (Å²) in [7, 11) is 4.06. The second-order valence-corrected chi connectivity index (χ2v) is 4.28. The summed E-state index contributed by atoms with van der Waals surface area (Å²) in [6.07, 6.45) is 1.69. The van der Waals surface area contributed by atoms with E-state index in [1.54, 1.807) is 6.33 Å². The lowest BCUT2D eigenvalue weighted by molar-refractivity contribution is 1.02. The smallest absolute Gasteiger partial charge is 0.199 e. The minimum absolute atomic E-state index is 0.605. The van der Waals surface area contributed by atoms with Gasteiger partial charge in [0.15, 0.2) is 4.77 Å². The molecule has 0 aliphatic rings. The Bertz CT molecular complexity index is 553. The van der Waals surface area contributed by atoms with E-state index in [1.165, 1.54) is 11.3 Å². The molecular weight excluding hydrogens is 220 g/mol. The fourth-order valence-electron chi connectivity index (χ4n) is 1.66. The average Bonchev–Trinajstić information content (AvgIpc) is 2.65. The van der Waals surface area contributed by atoms with Crippen LogP contribution in [0.3, 0.4) is 0 Å². The third-order valence-electron chi connectivity index (χ3n) is 2.50. The van der Waals surface area contributed by atoms with E-state index in [4.69, 9.17) is 12.2 Å². The molecule has 2 aromatic rings. The van der Waals surface area contributed by atoms with Gasteiger partial charge < -0.3 is 4.90 Å². The van der Waals surface area contributed by atoms with Crippen LogP contribution in [0.15, 0.2) is 24.5 Å². The van der Waals surface area contributed by atoms with E-state index in [1.807, 2.05) is 24.7 Å². The highest BCUT2D eigenvalue weighted by molar-refractivity contribution is 7.71. The minimum atomic E-state index is 0.605. The maximum atomic E-state index is 5.14. The van der Waals surface area contributed by atoms with Gasteiger partial charge in [-0.25, -0.2) is 0 Å². The molecule has 0 atom stereocenters. The summed E-state index contributed by atoms with van der Waals surface area (Å²) < 4.78 is 2.45. The normalized spacial score (nSPS) is 10.4. The van der Waals surface area contributed by atoms with Crippen molar-refractivity contribution in [2.24, 2.45) is 0 Å². The van der Waals surface area contributed by atoms with E-state index in [2.05, 4.69) is 34.2 Å². The molecule has 4 nitrogen and oxygen atoms in total. The zero-order chi connectivity index (χ0) is 11.7. The van der Waals surface area contributed by atoms with Gasteiger partial charge in [0.2, 0.25) is 0 Å². The number of aromatic amines is 1. The molecular formula is C11H14N4S. The van der Waals surface area contributed by atoms with Crippen molar-refractivity contribution in [3.63, 3.8) is 0 Å². The van der Waals surface area contributed by atoms with Crippen LogP contribution in [0.5, 0.6) is 0 Å². The van der Waals surface area contributed by atoms with E-state index >= 15 is 0 Å². The van der Waals surface area contributed by atoms with Crippen LogP contribution in [0, 0.1) is 11.7 Å². The second-order valence-electron chi connectivity index (χ2n) is 3.90. The van der Waals surface area contributed by atoms with E-state index in [0.717, 1.165) is 5.69 Å². The number of anilines is 1. The van der Waals surface area contributed by atoms with Gasteiger partial charge in [0.25, 0.3) is 0 Å². The number of rotatable bonds is 2. The zero-order valence-corrected chi connectivity index (χ0v) is 10.4. The Labute approximate surface area is 99.5 Å². The number of aromatic nitrogens is 3. The Morgan fingerprint density at radius 2 is 2.12 bits per heavy atom. The summed E-state index contributed by atoms with van der Waals surface area (Å²) in [5.74, 6) is 0. The molecule has 5 heteroatoms. The van der Waals surface area contributed by atoms with Gasteiger partial charge in [0.05, 0.1) is 5.69 Å². The lowest BCUT2D eigenvalue weighted by Crippen LogP contribution is -2.10. The molecule has 84 valence electrons. The van der Waals surface area contributed by atoms with Crippen LogP contribution in [-0.2, 0) is 0 Å². The summed E-state index contributed by atoms with van der Waals surface area (Å²) in [6.45, 7) is 2.09. The van der Waals surface area contributed by atoms with Crippen molar-refractivity contribution in [3.8, 4) is 5.69 Å². The predicted molar refractivity (Wildman–Crippen MR) is 67.8 cm³/mol. The highest BCUT2D eigenvalue weighted by atomic mass is 32.1. The van der Waals surface area contributed by atoms with Gasteiger partial charge in [-0.05, 0) is 36.8 Å². The summed E-state index contributed by atoms with van der Waals surface area (Å²) in [5, 5.41) is 6.66. The highest BCUT2D eigenvalue weighted by Gasteiger charge is 2.04. The van der Waals surface area contributed by atoms with Crippen LogP contribution in [0.1, 0.15) is 5.56 Å². The third-order valence-corrected chi connectivity index (χ3v) is 2.79. The fourth-order valence-corrected chi connectivity index (χ4v) is 1.87. The first-order chi connectivity index (χ1) is 7.59. The number of benzene rings is 1. The monoisotopic (exact) mass is 234 g/mol. The van der Waals surface area contributed by atoms with Crippen molar-refractivity contribution in [2.75, 3.05) is 19.0 Å². The number of aryl methyl sites for hydroxylation is 1. The van der Waals surface area contributed by atoms with E-state index < -0.39 is 0 Å². The molecule has 0 unspecified atom stereocenters. The van der Waals surface area contributed by atoms with Crippen LogP contribution < -0.4 is 4.90 Å². The van der Waals surface area contributed by atoms with Crippen LogP contribution in [0.25, 0.3) is 5.69 Å². The van der Waals surface area contributed by atoms with Crippen molar-refractivity contribution < 1.29 is 0 Å². The molecule has 1 aromatic carbocycles. The van der Waals surface area contributed by atoms with Gasteiger partial charge in [0.1, 0.15) is 6.33 Å². The molecule has 0 aliphatic carbocycles. The Morgan fingerprint density at radius 3 is 2.69 bits per heavy atom. The van der Waals surface area contributed by atoms with Crippen molar-refractivity contribution in [1.29, 1.82) is 0 Å². The van der Waals surface area contributed by atoms with Crippen LogP contribution in [0.2, 0.25) is 0 Å². The summed E-state index contributed by atoms with van der Waals surface area (Å²) in [5.41, 5.74) is 3.44. The predicted octanol–water partition coefficient (Wildman–Crippen LogP) is 2.30. The standard InChI is InChI=1S/C11H14N4S/c1-8-4-5-9(6-10(8)14(2)3)15-7-12-13-11(15)16/h4-7H,1-3H3,(H,13,16). The maximum absolute atomic E-state index is 5.14. The van der Waals surface area contributed by atoms with E-state index in [9.17, 15) is 0 Å². The summed E-state index contributed by atoms with van der Waals surface area (Å²) >= 11 is 5.14. The number of nitrogens with one attached hydrogen (secondary N) is 1. The van der Waals surface area contributed by atoms with Gasteiger partial charge in [0, 0.05) is 19.8 Å². The zero-order valence-electron chi connectivity index (χ0n) is 9.56. The molecule has 0 saturated carbocycles. The van der Waals surface area contributed by atoms with Gasteiger partial charge >= 0.3 is 0 Å². The number of hydrogen-bond acceptors (Lipinski definition) is 3. The molecule has 0 amide bonds. The average molecular weight is 234 g/mol. The van der Waals surface area contributed by atoms with Crippen molar-refractivity contribution in [2.45, 2.75) is 6.92 Å². The van der Waals surface area contributed by atoms with Crippen LogP contribution >= 0.6 is 12.2 Å². The molecule has 1 heterocycles. The Morgan fingerprint density at radius 1 is 1.38 bits per heavy atom. The van der Waals surface area contributed by atoms with Gasteiger partial charge in [-0.1, -0.05) is 6.07 Å². The maximum Gasteiger partial charge on any atom is 0.199 e. The first-order valence-corrected chi connectivity index (χ1v) is 5.41. The molecule has 0 bridgehead atoms. The Hall–Kier alpha value is -1.62. The third kappa shape index (κ3) is 1.86. The number of nitrogens with zero attached hydrogens (tertiary/aromatic N) is 3. The SMILES string of the molecule is Cc1ccc(-n2cn[nH]c2=S)cc1N(C)C. The summed E-state index contributed by atoms with van der Waals surface area (Å²) in [4.78, 5) is 2.09. The second kappa shape index (κ2) is 4.09. The molecule has 0 aliphatic heterocycles. The molecule has 1 aromatic heterocycles. The molecule has 0 fully saturated rings. The molecule has 1 N–H and O–H groups in total. The topological polar surface area (TPSA) is 36.9 Å².